The Hall–Kier alpha value is -4.73. The first-order valence-electron chi connectivity index (χ1n) is 22.8. The summed E-state index contributed by atoms with van der Waals surface area (Å²) in [6, 6.07) is 5.60. The number of aromatic hydroxyl groups is 2. The van der Waals surface area contributed by atoms with Crippen LogP contribution in [0.3, 0.4) is 0 Å². The summed E-state index contributed by atoms with van der Waals surface area (Å²) in [5, 5.41) is 44.6. The minimum Gasteiger partial charge on any atom is -0.507 e. The van der Waals surface area contributed by atoms with Crippen LogP contribution in [0.25, 0.3) is 0 Å². The second kappa shape index (κ2) is 19.7. The Kier molecular flexibility index (Phi) is 14.3. The molecule has 0 unspecified atom stereocenters. The van der Waals surface area contributed by atoms with E-state index in [4.69, 9.17) is 42.6 Å². The van der Waals surface area contributed by atoms with Gasteiger partial charge in [0.05, 0.1) is 65.9 Å². The molecule has 15 atom stereocenters. The molecule has 2 aromatic carbocycles. The molecule has 4 N–H and O–H groups in total. The van der Waals surface area contributed by atoms with Crippen molar-refractivity contribution >= 4 is 29.1 Å². The van der Waals surface area contributed by atoms with Crippen LogP contribution in [0.5, 0.6) is 11.5 Å². The van der Waals surface area contributed by atoms with Crippen molar-refractivity contribution in [2.75, 3.05) is 0 Å². The maximum absolute atomic E-state index is 14.1. The van der Waals surface area contributed by atoms with Gasteiger partial charge < -0.3 is 63.1 Å². The maximum Gasteiger partial charge on any atom is 0.306 e. The third-order valence-electron chi connectivity index (χ3n) is 13.3. The number of aliphatic hydroxyl groups excluding tert-OH is 1. The molecule has 0 saturated carbocycles. The highest BCUT2D eigenvalue weighted by Crippen LogP contribution is 2.45. The molecule has 2 aromatic rings. The Morgan fingerprint density at radius 1 is 0.687 bits per heavy atom. The number of ether oxygens (including phenoxy) is 9. The zero-order valence-electron chi connectivity index (χ0n) is 38.2. The van der Waals surface area contributed by atoms with E-state index in [9.17, 15) is 44.4 Å². The molecule has 0 aromatic heterocycles. The van der Waals surface area contributed by atoms with E-state index in [0.717, 1.165) is 0 Å². The second-order valence-electron chi connectivity index (χ2n) is 18.5. The third-order valence-corrected chi connectivity index (χ3v) is 13.3. The van der Waals surface area contributed by atoms with Crippen molar-refractivity contribution in [2.24, 2.45) is 0 Å². The van der Waals surface area contributed by atoms with E-state index in [2.05, 4.69) is 0 Å². The lowest BCUT2D eigenvalue weighted by atomic mass is 9.79. The van der Waals surface area contributed by atoms with Crippen LogP contribution in [0.1, 0.15) is 129 Å². The number of phenols is 2. The van der Waals surface area contributed by atoms with Crippen LogP contribution in [0, 0.1) is 0 Å². The van der Waals surface area contributed by atoms with Gasteiger partial charge in [-0.2, -0.15) is 0 Å². The van der Waals surface area contributed by atoms with Crippen molar-refractivity contribution in [2.45, 2.75) is 178 Å². The first-order chi connectivity index (χ1) is 31.8. The van der Waals surface area contributed by atoms with Crippen molar-refractivity contribution in [1.29, 1.82) is 0 Å². The van der Waals surface area contributed by atoms with Crippen LogP contribution < -0.4 is 0 Å². The Morgan fingerprint density at radius 2 is 1.22 bits per heavy atom. The number of phenolic OH excluding ortho intramolecular Hbond substituents is 2. The fourth-order valence-corrected chi connectivity index (χ4v) is 9.72. The average Bonchev–Trinajstić information content (AvgIpc) is 3.26. The number of carbonyl (C=O) groups is 5. The summed E-state index contributed by atoms with van der Waals surface area (Å²) in [6.45, 7) is 10.2. The molecule has 18 nitrogen and oxygen atoms in total. The third kappa shape index (κ3) is 10.3. The van der Waals surface area contributed by atoms with E-state index in [1.807, 2.05) is 6.92 Å². The number of carbonyl (C=O) groups excluding carboxylic acids is 4. The second-order valence-corrected chi connectivity index (χ2v) is 18.5. The van der Waals surface area contributed by atoms with Gasteiger partial charge in [-0.25, -0.2) is 0 Å². The number of carboxylic acid groups (broad SMARTS) is 1. The lowest BCUT2D eigenvalue weighted by Gasteiger charge is -2.42. The van der Waals surface area contributed by atoms with E-state index < -0.39 is 121 Å². The Bertz CT molecular complexity index is 2310. The molecular formula is C49H58O18. The van der Waals surface area contributed by atoms with Gasteiger partial charge >= 0.3 is 5.97 Å². The summed E-state index contributed by atoms with van der Waals surface area (Å²) in [5.74, 6) is -3.95. The van der Waals surface area contributed by atoms with Crippen molar-refractivity contribution in [3.05, 3.63) is 82.0 Å². The van der Waals surface area contributed by atoms with E-state index >= 15 is 0 Å². The molecule has 0 spiro atoms. The van der Waals surface area contributed by atoms with E-state index in [0.29, 0.717) is 25.7 Å². The van der Waals surface area contributed by atoms with Crippen molar-refractivity contribution in [3.8, 4) is 11.5 Å². The summed E-state index contributed by atoms with van der Waals surface area (Å²) in [5.41, 5.74) is -2.01. The maximum atomic E-state index is 14.1. The van der Waals surface area contributed by atoms with Gasteiger partial charge in [-0.3, -0.25) is 24.0 Å². The molecule has 3 fully saturated rings. The molecule has 3 saturated heterocycles. The minimum absolute atomic E-state index is 0.0215. The molecule has 0 bridgehead atoms. The van der Waals surface area contributed by atoms with Gasteiger partial charge in [0.2, 0.25) is 0 Å². The number of aliphatic carboxylic acids is 1. The number of hydrogen-bond acceptors (Lipinski definition) is 17. The van der Waals surface area contributed by atoms with Gasteiger partial charge in [-0.05, 0) is 96.4 Å². The highest BCUT2D eigenvalue weighted by Gasteiger charge is 2.44. The summed E-state index contributed by atoms with van der Waals surface area (Å²) in [7, 11) is 0. The van der Waals surface area contributed by atoms with Crippen LogP contribution in [-0.4, -0.2) is 135 Å². The van der Waals surface area contributed by atoms with Gasteiger partial charge in [0.15, 0.2) is 48.3 Å². The topological polar surface area (TPSA) is 249 Å². The Morgan fingerprint density at radius 3 is 1.76 bits per heavy atom. The molecule has 1 aliphatic carbocycles. The van der Waals surface area contributed by atoms with Crippen LogP contribution in [0.4, 0.5) is 0 Å². The smallest absolute Gasteiger partial charge is 0.306 e. The van der Waals surface area contributed by atoms with Crippen molar-refractivity contribution in [3.63, 3.8) is 0 Å². The zero-order valence-corrected chi connectivity index (χ0v) is 38.2. The Labute approximate surface area is 387 Å². The predicted molar refractivity (Wildman–Crippen MR) is 231 cm³/mol. The minimum atomic E-state index is -1.45. The molecule has 67 heavy (non-hydrogen) atoms. The highest BCUT2D eigenvalue weighted by atomic mass is 16.7. The fourth-order valence-electron chi connectivity index (χ4n) is 9.72. The number of carboxylic acids is 1. The number of fused-ring (bicyclic) bond motifs is 2. The van der Waals surface area contributed by atoms with Gasteiger partial charge in [0.1, 0.15) is 29.8 Å². The van der Waals surface area contributed by atoms with Crippen LogP contribution in [-0.2, 0) is 63.4 Å². The zero-order chi connectivity index (χ0) is 48.1. The molecule has 0 amide bonds. The largest absolute Gasteiger partial charge is 0.507 e. The summed E-state index contributed by atoms with van der Waals surface area (Å²) >= 11 is 0. The summed E-state index contributed by atoms with van der Waals surface area (Å²) in [4.78, 5) is 64.0. The van der Waals surface area contributed by atoms with Crippen molar-refractivity contribution in [1.82, 2.24) is 0 Å². The lowest BCUT2D eigenvalue weighted by molar-refractivity contribution is -0.292. The summed E-state index contributed by atoms with van der Waals surface area (Å²) in [6.07, 6.45) is -2.21. The summed E-state index contributed by atoms with van der Waals surface area (Å²) < 4.78 is 54.4. The van der Waals surface area contributed by atoms with Crippen molar-refractivity contribution < 1.29 is 87.0 Å². The standard InChI is InChI=1S/C49H58O18/c1-22-31(50)11-15-38(60-22)64-34-13-17-40(62-24(34)3)66-48-26(5)59-36(19-33(48)52)28-9-10-30-43(45(28)56)47(58)29-8-7-27(44(55)42(29)46(30)57)20-49(6,21-37(53)54)67-41-18-14-35(25(4)63-41)65-39-16-12-32(51)23(2)61-39/h7-12,15-16,22-26,33-36,38-41,48,52,55-56H,13-14,17-21H2,1-6H3,(H,53,54)/t22-,23+,24-,25+,26+,33+,34+,35-,36+,38+,39-,40+,41-,48-,49-/m0/s1. The number of aliphatic hydroxyl groups is 1. The average molecular weight is 935 g/mol. The first-order valence-corrected chi connectivity index (χ1v) is 22.8. The molecule has 6 aliphatic rings. The van der Waals surface area contributed by atoms with E-state index in [1.54, 1.807) is 40.7 Å². The van der Waals surface area contributed by atoms with Crippen LogP contribution >= 0.6 is 0 Å². The monoisotopic (exact) mass is 934 g/mol. The highest BCUT2D eigenvalue weighted by molar-refractivity contribution is 6.30. The van der Waals surface area contributed by atoms with Gasteiger partial charge in [-0.1, -0.05) is 12.1 Å². The normalized spacial score (nSPS) is 35.2. The van der Waals surface area contributed by atoms with Gasteiger partial charge in [0, 0.05) is 42.4 Å². The Balaban J connectivity index is 0.909. The van der Waals surface area contributed by atoms with E-state index in [-0.39, 0.29) is 63.9 Å². The van der Waals surface area contributed by atoms with Gasteiger partial charge in [-0.15, -0.1) is 0 Å². The quantitative estimate of drug-likeness (QED) is 0.179. The number of benzene rings is 2. The van der Waals surface area contributed by atoms with Crippen LogP contribution in [0.15, 0.2) is 48.6 Å². The van der Waals surface area contributed by atoms with E-state index in [1.165, 1.54) is 42.5 Å². The molecule has 5 heterocycles. The molecular weight excluding hydrogens is 877 g/mol. The molecule has 18 heteroatoms. The van der Waals surface area contributed by atoms with Crippen LogP contribution in [0.2, 0.25) is 0 Å². The molecule has 5 aliphatic heterocycles. The fraction of sp³-hybridized carbons (Fsp3) is 0.571. The SMILES string of the molecule is C[C@@H]1O[C@H](O[C@@H]2CC[C@@H](O[C@@H]3[C@H](O)C[C@H](c4ccc5c(c4O)C(=O)c4ccc(C[C@@](C)(CC(=O)O)O[C@H]6CC[C@H](O[C@H]7C=CC(=O)[C@@H](C)O7)[C@@H](C)O6)c(O)c4C5=O)O[C@@H]3C)O[C@H]2C)C=CC1=O. The van der Waals surface area contributed by atoms with Gasteiger partial charge in [0.25, 0.3) is 0 Å². The molecule has 362 valence electrons. The number of ketones is 4. The number of rotatable bonds is 13. The molecule has 0 radical (unpaired) electrons. The predicted octanol–water partition coefficient (Wildman–Crippen LogP) is 4.82. The molecule has 8 rings (SSSR count). The lowest BCUT2D eigenvalue weighted by Crippen LogP contribution is -2.50. The first kappa shape index (κ1) is 48.7. The number of hydrogen-bond donors (Lipinski definition) is 4.